The normalized spacial score (nSPS) is 11.9. The highest BCUT2D eigenvalue weighted by atomic mass is 16.3. The molecule has 0 saturated carbocycles. The predicted molar refractivity (Wildman–Crippen MR) is 98.1 cm³/mol. The maximum Gasteiger partial charge on any atom is 0.239 e. The molecule has 0 saturated heterocycles. The van der Waals surface area contributed by atoms with Crippen LogP contribution in [-0.4, -0.2) is 11.8 Å². The summed E-state index contributed by atoms with van der Waals surface area (Å²) >= 11 is 0. The molecule has 5 nitrogen and oxygen atoms in total. The molecule has 2 amide bonds. The van der Waals surface area contributed by atoms with Gasteiger partial charge in [-0.05, 0) is 49.1 Å². The van der Waals surface area contributed by atoms with Gasteiger partial charge < -0.3 is 15.1 Å². The van der Waals surface area contributed by atoms with Crippen molar-refractivity contribution in [3.63, 3.8) is 0 Å². The molecular weight excluding hydrogens is 316 g/mol. The van der Waals surface area contributed by atoms with E-state index in [1.165, 1.54) is 5.56 Å². The van der Waals surface area contributed by atoms with E-state index in [1.807, 2.05) is 24.3 Å². The van der Waals surface area contributed by atoms with Crippen molar-refractivity contribution in [3.8, 4) is 0 Å². The van der Waals surface area contributed by atoms with Crippen LogP contribution < -0.4 is 10.6 Å². The summed E-state index contributed by atoms with van der Waals surface area (Å²) < 4.78 is 5.18. The molecule has 0 radical (unpaired) electrons. The van der Waals surface area contributed by atoms with Gasteiger partial charge >= 0.3 is 0 Å². The Bertz CT molecular complexity index is 723. The van der Waals surface area contributed by atoms with Gasteiger partial charge in [0, 0.05) is 5.69 Å². The van der Waals surface area contributed by atoms with Crippen molar-refractivity contribution >= 4 is 17.5 Å². The van der Waals surface area contributed by atoms with E-state index in [2.05, 4.69) is 31.4 Å². The second kappa shape index (κ2) is 7.13. The van der Waals surface area contributed by atoms with Crippen LogP contribution in [0.4, 0.5) is 5.69 Å². The molecule has 0 unspecified atom stereocenters. The molecule has 134 valence electrons. The third-order valence-corrected chi connectivity index (χ3v) is 4.15. The molecule has 1 aromatic carbocycles. The molecule has 0 aliphatic carbocycles. The Morgan fingerprint density at radius 3 is 2.12 bits per heavy atom. The van der Waals surface area contributed by atoms with Crippen LogP contribution in [0.2, 0.25) is 0 Å². The lowest BCUT2D eigenvalue weighted by Gasteiger charge is -2.23. The highest BCUT2D eigenvalue weighted by Crippen LogP contribution is 2.25. The SMILES string of the molecule is CC(C)(C(=O)NCc1ccco1)C(=O)Nc1ccc(C(C)(C)C)cc1. The van der Waals surface area contributed by atoms with Crippen molar-refractivity contribution in [2.45, 2.75) is 46.6 Å². The van der Waals surface area contributed by atoms with Crippen molar-refractivity contribution in [2.24, 2.45) is 5.41 Å². The fourth-order valence-corrected chi connectivity index (χ4v) is 2.25. The molecule has 0 aliphatic rings. The average Bonchev–Trinajstić information content (AvgIpc) is 3.05. The minimum Gasteiger partial charge on any atom is -0.467 e. The van der Waals surface area contributed by atoms with Crippen molar-refractivity contribution < 1.29 is 14.0 Å². The van der Waals surface area contributed by atoms with Crippen LogP contribution in [0.1, 0.15) is 45.9 Å². The first-order valence-corrected chi connectivity index (χ1v) is 8.33. The van der Waals surface area contributed by atoms with Gasteiger partial charge in [-0.2, -0.15) is 0 Å². The van der Waals surface area contributed by atoms with Gasteiger partial charge in [-0.3, -0.25) is 9.59 Å². The maximum absolute atomic E-state index is 12.5. The van der Waals surface area contributed by atoms with Gasteiger partial charge in [-0.25, -0.2) is 0 Å². The summed E-state index contributed by atoms with van der Waals surface area (Å²) in [6.45, 7) is 9.85. The van der Waals surface area contributed by atoms with E-state index in [-0.39, 0.29) is 23.8 Å². The summed E-state index contributed by atoms with van der Waals surface area (Å²) in [4.78, 5) is 24.9. The molecule has 2 N–H and O–H groups in total. The van der Waals surface area contributed by atoms with Crippen molar-refractivity contribution in [2.75, 3.05) is 5.32 Å². The van der Waals surface area contributed by atoms with E-state index in [4.69, 9.17) is 4.42 Å². The molecule has 0 aliphatic heterocycles. The number of hydrogen-bond donors (Lipinski definition) is 2. The monoisotopic (exact) mass is 342 g/mol. The summed E-state index contributed by atoms with van der Waals surface area (Å²) in [6.07, 6.45) is 1.54. The summed E-state index contributed by atoms with van der Waals surface area (Å²) in [5.41, 5.74) is 0.703. The predicted octanol–water partition coefficient (Wildman–Crippen LogP) is 3.86. The van der Waals surface area contributed by atoms with E-state index in [0.29, 0.717) is 11.4 Å². The fourth-order valence-electron chi connectivity index (χ4n) is 2.25. The van der Waals surface area contributed by atoms with Crippen molar-refractivity contribution in [1.82, 2.24) is 5.32 Å². The first-order chi connectivity index (χ1) is 11.6. The van der Waals surface area contributed by atoms with Crippen LogP contribution in [0.3, 0.4) is 0 Å². The minimum atomic E-state index is -1.20. The molecule has 0 spiro atoms. The molecule has 25 heavy (non-hydrogen) atoms. The number of amides is 2. The van der Waals surface area contributed by atoms with Crippen LogP contribution in [-0.2, 0) is 21.5 Å². The molecule has 1 heterocycles. The van der Waals surface area contributed by atoms with Gasteiger partial charge in [0.2, 0.25) is 11.8 Å². The number of anilines is 1. The quantitative estimate of drug-likeness (QED) is 0.811. The van der Waals surface area contributed by atoms with Crippen LogP contribution in [0.25, 0.3) is 0 Å². The second-order valence-electron chi connectivity index (χ2n) is 7.67. The minimum absolute atomic E-state index is 0.0492. The van der Waals surface area contributed by atoms with E-state index < -0.39 is 5.41 Å². The molecule has 5 heteroatoms. The molecule has 0 fully saturated rings. The van der Waals surface area contributed by atoms with Crippen molar-refractivity contribution in [1.29, 1.82) is 0 Å². The number of nitrogens with one attached hydrogen (secondary N) is 2. The molecule has 2 rings (SSSR count). The number of carbonyl (C=O) groups excluding carboxylic acids is 2. The number of rotatable bonds is 5. The molecule has 1 aromatic heterocycles. The van der Waals surface area contributed by atoms with E-state index in [1.54, 1.807) is 32.2 Å². The number of benzene rings is 1. The first kappa shape index (κ1) is 18.8. The van der Waals surface area contributed by atoms with Crippen LogP contribution in [0, 0.1) is 5.41 Å². The summed E-state index contributed by atoms with van der Waals surface area (Å²) in [7, 11) is 0. The van der Waals surface area contributed by atoms with Gasteiger partial charge in [-0.15, -0.1) is 0 Å². The lowest BCUT2D eigenvalue weighted by molar-refractivity contribution is -0.138. The molecule has 0 bridgehead atoms. The van der Waals surface area contributed by atoms with E-state index in [0.717, 1.165) is 0 Å². The number of furan rings is 1. The zero-order valence-electron chi connectivity index (χ0n) is 15.5. The molecule has 0 atom stereocenters. The van der Waals surface area contributed by atoms with Crippen LogP contribution in [0.5, 0.6) is 0 Å². The summed E-state index contributed by atoms with van der Waals surface area (Å²) in [6, 6.07) is 11.2. The largest absolute Gasteiger partial charge is 0.467 e. The number of hydrogen-bond acceptors (Lipinski definition) is 3. The first-order valence-electron chi connectivity index (χ1n) is 8.33. The van der Waals surface area contributed by atoms with Crippen LogP contribution >= 0.6 is 0 Å². The third-order valence-electron chi connectivity index (χ3n) is 4.15. The smallest absolute Gasteiger partial charge is 0.239 e. The zero-order valence-corrected chi connectivity index (χ0v) is 15.5. The van der Waals surface area contributed by atoms with Gasteiger partial charge in [-0.1, -0.05) is 32.9 Å². The van der Waals surface area contributed by atoms with E-state index in [9.17, 15) is 9.59 Å². The molecular formula is C20H26N2O3. The Hall–Kier alpha value is -2.56. The Kier molecular flexibility index (Phi) is 5.36. The van der Waals surface area contributed by atoms with E-state index >= 15 is 0 Å². The third kappa shape index (κ3) is 4.72. The lowest BCUT2D eigenvalue weighted by atomic mass is 9.87. The summed E-state index contributed by atoms with van der Waals surface area (Å²) in [5.74, 6) is -0.0667. The topological polar surface area (TPSA) is 71.3 Å². The lowest BCUT2D eigenvalue weighted by Crippen LogP contribution is -2.44. The Balaban J connectivity index is 1.99. The summed E-state index contributed by atoms with van der Waals surface area (Å²) in [5, 5.41) is 5.54. The van der Waals surface area contributed by atoms with Gasteiger partial charge in [0.25, 0.3) is 0 Å². The highest BCUT2D eigenvalue weighted by molar-refractivity contribution is 6.09. The van der Waals surface area contributed by atoms with Gasteiger partial charge in [0.05, 0.1) is 12.8 Å². The Labute approximate surface area is 148 Å². The molecule has 2 aromatic rings. The van der Waals surface area contributed by atoms with Crippen molar-refractivity contribution in [3.05, 3.63) is 54.0 Å². The average molecular weight is 342 g/mol. The number of carbonyl (C=O) groups is 2. The zero-order chi connectivity index (χ0) is 18.7. The highest BCUT2D eigenvalue weighted by Gasteiger charge is 2.36. The Morgan fingerprint density at radius 1 is 0.960 bits per heavy atom. The fraction of sp³-hybridized carbons (Fsp3) is 0.400. The maximum atomic E-state index is 12.5. The Morgan fingerprint density at radius 2 is 1.60 bits per heavy atom. The second-order valence-corrected chi connectivity index (χ2v) is 7.67. The standard InChI is InChI=1S/C20H26N2O3/c1-19(2,3)14-8-10-15(11-9-14)22-18(24)20(4,5)17(23)21-13-16-7-6-12-25-16/h6-12H,13H2,1-5H3,(H,21,23)(H,22,24). The van der Waals surface area contributed by atoms with Gasteiger partial charge in [0.15, 0.2) is 0 Å². The van der Waals surface area contributed by atoms with Crippen LogP contribution in [0.15, 0.2) is 47.1 Å². The van der Waals surface area contributed by atoms with Gasteiger partial charge in [0.1, 0.15) is 11.2 Å².